The van der Waals surface area contributed by atoms with Crippen molar-refractivity contribution in [1.29, 1.82) is 0 Å². The van der Waals surface area contributed by atoms with Gasteiger partial charge in [-0.05, 0) is 18.1 Å². The molecule has 0 saturated heterocycles. The van der Waals surface area contributed by atoms with E-state index >= 15 is 0 Å². The Hall–Kier alpha value is -1.24. The molecule has 0 aromatic carbocycles. The third kappa shape index (κ3) is 1.11. The summed E-state index contributed by atoms with van der Waals surface area (Å²) in [5, 5.41) is 0. The Kier molecular flexibility index (Phi) is 1.65. The molecule has 0 spiro atoms. The molecular formula is C11H13N. The molecule has 1 unspecified atom stereocenters. The molecule has 12 heavy (non-hydrogen) atoms. The Morgan fingerprint density at radius 1 is 1.33 bits per heavy atom. The molecule has 1 atom stereocenters. The van der Waals surface area contributed by atoms with Crippen molar-refractivity contribution in [3.63, 3.8) is 0 Å². The van der Waals surface area contributed by atoms with Crippen molar-refractivity contribution in [3.8, 4) is 0 Å². The first-order chi connectivity index (χ1) is 5.77. The molecule has 0 bridgehead atoms. The van der Waals surface area contributed by atoms with Gasteiger partial charge in [0.25, 0.3) is 0 Å². The summed E-state index contributed by atoms with van der Waals surface area (Å²) >= 11 is 0. The van der Waals surface area contributed by atoms with Gasteiger partial charge in [0.1, 0.15) is 0 Å². The molecule has 0 aromatic rings. The third-order valence-electron chi connectivity index (χ3n) is 2.28. The standard InChI is InChI=1S/C11H13N/c1-9-7-10-5-3-4-6-11(10)12(2)8-9/h3-8,11H,1-2H3. The maximum Gasteiger partial charge on any atom is 0.0721 e. The van der Waals surface area contributed by atoms with E-state index in [1.54, 1.807) is 0 Å². The van der Waals surface area contributed by atoms with Crippen LogP contribution in [0.4, 0.5) is 0 Å². The summed E-state index contributed by atoms with van der Waals surface area (Å²) in [6.07, 6.45) is 13.0. The topological polar surface area (TPSA) is 3.24 Å². The number of allylic oxidation sites excluding steroid dienone is 4. The highest BCUT2D eigenvalue weighted by molar-refractivity contribution is 5.43. The van der Waals surface area contributed by atoms with Crippen LogP contribution in [0.25, 0.3) is 0 Å². The second-order valence-electron chi connectivity index (χ2n) is 3.37. The van der Waals surface area contributed by atoms with E-state index in [9.17, 15) is 0 Å². The summed E-state index contributed by atoms with van der Waals surface area (Å²) in [5.41, 5.74) is 2.71. The highest BCUT2D eigenvalue weighted by atomic mass is 15.1. The summed E-state index contributed by atoms with van der Waals surface area (Å²) in [4.78, 5) is 2.24. The van der Waals surface area contributed by atoms with Crippen molar-refractivity contribution in [2.24, 2.45) is 0 Å². The minimum Gasteiger partial charge on any atom is -0.370 e. The van der Waals surface area contributed by atoms with Gasteiger partial charge in [0.2, 0.25) is 0 Å². The van der Waals surface area contributed by atoms with Gasteiger partial charge in [-0.2, -0.15) is 0 Å². The van der Waals surface area contributed by atoms with Crippen molar-refractivity contribution in [3.05, 3.63) is 47.7 Å². The molecule has 1 aliphatic carbocycles. The largest absolute Gasteiger partial charge is 0.370 e. The highest BCUT2D eigenvalue weighted by Gasteiger charge is 2.17. The molecule has 0 amide bonds. The zero-order chi connectivity index (χ0) is 8.55. The zero-order valence-electron chi connectivity index (χ0n) is 7.49. The Morgan fingerprint density at radius 2 is 2.17 bits per heavy atom. The van der Waals surface area contributed by atoms with Crippen LogP contribution < -0.4 is 0 Å². The summed E-state index contributed by atoms with van der Waals surface area (Å²) in [5.74, 6) is 0. The summed E-state index contributed by atoms with van der Waals surface area (Å²) in [7, 11) is 2.12. The lowest BCUT2D eigenvalue weighted by Crippen LogP contribution is -2.29. The van der Waals surface area contributed by atoms with Crippen LogP contribution in [0.15, 0.2) is 47.7 Å². The predicted molar refractivity (Wildman–Crippen MR) is 51.7 cm³/mol. The van der Waals surface area contributed by atoms with Crippen LogP contribution in [0.3, 0.4) is 0 Å². The van der Waals surface area contributed by atoms with Crippen LogP contribution in [0.5, 0.6) is 0 Å². The number of fused-ring (bicyclic) bond motifs is 1. The average molecular weight is 159 g/mol. The van der Waals surface area contributed by atoms with Gasteiger partial charge in [0.15, 0.2) is 0 Å². The Morgan fingerprint density at radius 3 is 3.00 bits per heavy atom. The van der Waals surface area contributed by atoms with E-state index in [2.05, 4.69) is 55.5 Å². The van der Waals surface area contributed by atoms with Crippen molar-refractivity contribution >= 4 is 0 Å². The zero-order valence-corrected chi connectivity index (χ0v) is 7.49. The molecule has 1 heteroatoms. The number of likely N-dealkylation sites (N-methyl/N-ethyl adjacent to an activating group) is 1. The molecule has 1 aliphatic heterocycles. The van der Waals surface area contributed by atoms with Crippen LogP contribution in [0, 0.1) is 0 Å². The van der Waals surface area contributed by atoms with E-state index in [0.29, 0.717) is 6.04 Å². The van der Waals surface area contributed by atoms with Crippen LogP contribution >= 0.6 is 0 Å². The summed E-state index contributed by atoms with van der Waals surface area (Å²) < 4.78 is 0. The first kappa shape index (κ1) is 7.41. The van der Waals surface area contributed by atoms with Gasteiger partial charge in [-0.15, -0.1) is 0 Å². The maximum absolute atomic E-state index is 2.24. The average Bonchev–Trinajstić information content (AvgIpc) is 2.04. The quantitative estimate of drug-likeness (QED) is 0.524. The second-order valence-corrected chi connectivity index (χ2v) is 3.37. The molecule has 0 radical (unpaired) electrons. The van der Waals surface area contributed by atoms with Crippen LogP contribution in [0.2, 0.25) is 0 Å². The maximum atomic E-state index is 2.24. The van der Waals surface area contributed by atoms with Crippen LogP contribution in [0.1, 0.15) is 6.92 Å². The van der Waals surface area contributed by atoms with Crippen molar-refractivity contribution in [1.82, 2.24) is 4.90 Å². The first-order valence-electron chi connectivity index (χ1n) is 4.24. The molecular weight excluding hydrogens is 146 g/mol. The van der Waals surface area contributed by atoms with Crippen LogP contribution in [-0.2, 0) is 0 Å². The fraction of sp³-hybridized carbons (Fsp3) is 0.273. The second kappa shape index (κ2) is 2.67. The van der Waals surface area contributed by atoms with E-state index in [0.717, 1.165) is 0 Å². The lowest BCUT2D eigenvalue weighted by molar-refractivity contribution is 0.418. The van der Waals surface area contributed by atoms with Gasteiger partial charge in [-0.1, -0.05) is 30.4 Å². The highest BCUT2D eigenvalue weighted by Crippen LogP contribution is 2.23. The van der Waals surface area contributed by atoms with Crippen molar-refractivity contribution in [2.45, 2.75) is 13.0 Å². The van der Waals surface area contributed by atoms with Gasteiger partial charge in [-0.25, -0.2) is 0 Å². The van der Waals surface area contributed by atoms with Crippen LogP contribution in [-0.4, -0.2) is 18.0 Å². The van der Waals surface area contributed by atoms with E-state index in [4.69, 9.17) is 0 Å². The van der Waals surface area contributed by atoms with Crippen molar-refractivity contribution in [2.75, 3.05) is 7.05 Å². The monoisotopic (exact) mass is 159 g/mol. The van der Waals surface area contributed by atoms with E-state index in [1.807, 2.05) is 0 Å². The predicted octanol–water partition coefficient (Wildman–Crippen LogP) is 2.26. The fourth-order valence-electron chi connectivity index (χ4n) is 1.75. The number of nitrogens with zero attached hydrogens (tertiary/aromatic N) is 1. The lowest BCUT2D eigenvalue weighted by atomic mass is 9.96. The molecule has 1 nitrogen and oxygen atoms in total. The van der Waals surface area contributed by atoms with Gasteiger partial charge >= 0.3 is 0 Å². The summed E-state index contributed by atoms with van der Waals surface area (Å²) in [6.45, 7) is 2.13. The molecule has 0 aromatic heterocycles. The summed E-state index contributed by atoms with van der Waals surface area (Å²) in [6, 6.07) is 0.457. The minimum atomic E-state index is 0.457. The van der Waals surface area contributed by atoms with Gasteiger partial charge in [0, 0.05) is 13.2 Å². The number of hydrogen-bond donors (Lipinski definition) is 0. The molecule has 2 aliphatic rings. The first-order valence-corrected chi connectivity index (χ1v) is 4.24. The Balaban J connectivity index is 2.38. The molecule has 0 fully saturated rings. The third-order valence-corrected chi connectivity index (χ3v) is 2.28. The minimum absolute atomic E-state index is 0.457. The lowest BCUT2D eigenvalue weighted by Gasteiger charge is -2.30. The smallest absolute Gasteiger partial charge is 0.0721 e. The molecule has 1 heterocycles. The van der Waals surface area contributed by atoms with Gasteiger partial charge in [0.05, 0.1) is 6.04 Å². The van der Waals surface area contributed by atoms with Gasteiger partial charge in [-0.3, -0.25) is 0 Å². The molecule has 62 valence electrons. The Labute approximate surface area is 73.4 Å². The number of hydrogen-bond acceptors (Lipinski definition) is 1. The van der Waals surface area contributed by atoms with E-state index in [-0.39, 0.29) is 0 Å². The van der Waals surface area contributed by atoms with Crippen molar-refractivity contribution < 1.29 is 0 Å². The molecule has 0 N–H and O–H groups in total. The Bertz CT molecular complexity index is 305. The van der Waals surface area contributed by atoms with E-state index in [1.165, 1.54) is 11.1 Å². The van der Waals surface area contributed by atoms with E-state index < -0.39 is 0 Å². The fourth-order valence-corrected chi connectivity index (χ4v) is 1.75. The number of rotatable bonds is 0. The normalized spacial score (nSPS) is 26.5. The SMILES string of the molecule is CC1=CN(C)C2C=CC=CC2=C1. The molecule has 0 saturated carbocycles. The molecule has 2 rings (SSSR count). The van der Waals surface area contributed by atoms with Gasteiger partial charge < -0.3 is 4.90 Å².